The molecule has 1 saturated heterocycles. The fraction of sp³-hybridized carbons (Fsp3) is 0.545. The van der Waals surface area contributed by atoms with E-state index >= 15 is 0 Å². The molecule has 0 atom stereocenters. The van der Waals surface area contributed by atoms with Gasteiger partial charge in [0.2, 0.25) is 11.8 Å². The Kier molecular flexibility index (Phi) is 3.03. The fourth-order valence-electron chi connectivity index (χ4n) is 1.93. The monoisotopic (exact) mass is 221 g/mol. The van der Waals surface area contributed by atoms with E-state index in [2.05, 4.69) is 9.97 Å². The molecular weight excluding hydrogens is 206 g/mol. The van der Waals surface area contributed by atoms with Gasteiger partial charge < -0.3 is 4.98 Å². The highest BCUT2D eigenvalue weighted by Gasteiger charge is 2.29. The molecule has 0 aliphatic carbocycles. The average molecular weight is 221 g/mol. The number of hydrogen-bond donors (Lipinski definition) is 1. The Hall–Kier alpha value is -1.65. The Morgan fingerprint density at radius 2 is 2.12 bits per heavy atom. The molecule has 1 aliphatic heterocycles. The van der Waals surface area contributed by atoms with Crippen LogP contribution in [0.25, 0.3) is 0 Å². The summed E-state index contributed by atoms with van der Waals surface area (Å²) in [6.07, 6.45) is 4.95. The molecule has 2 heterocycles. The molecule has 1 N–H and O–H groups in total. The lowest BCUT2D eigenvalue weighted by Crippen LogP contribution is -2.43. The molecule has 0 bridgehead atoms. The first-order chi connectivity index (χ1) is 7.66. The van der Waals surface area contributed by atoms with Crippen molar-refractivity contribution in [3.05, 3.63) is 18.2 Å². The largest absolute Gasteiger partial charge is 0.349 e. The van der Waals surface area contributed by atoms with E-state index in [-0.39, 0.29) is 17.7 Å². The van der Waals surface area contributed by atoms with E-state index in [1.165, 1.54) is 4.90 Å². The first-order valence-corrected chi connectivity index (χ1v) is 5.48. The van der Waals surface area contributed by atoms with Gasteiger partial charge in [0.05, 0.1) is 0 Å². The number of likely N-dealkylation sites (tertiary alicyclic amines) is 1. The van der Waals surface area contributed by atoms with E-state index in [4.69, 9.17) is 0 Å². The standard InChI is InChI=1S/C11H15N3O2/c1-8-6-10(15)14(11(16)7-8)5-2-9-12-3-4-13-9/h3-4,8H,2,5-7H2,1H3,(H,12,13). The predicted octanol–water partition coefficient (Wildman–Crippen LogP) is 0.737. The van der Waals surface area contributed by atoms with Crippen molar-refractivity contribution < 1.29 is 9.59 Å². The SMILES string of the molecule is CC1CC(=O)N(CCc2ncc[nH]2)C(=O)C1. The number of nitrogens with zero attached hydrogens (tertiary/aromatic N) is 2. The summed E-state index contributed by atoms with van der Waals surface area (Å²) < 4.78 is 0. The Morgan fingerprint density at radius 1 is 1.44 bits per heavy atom. The van der Waals surface area contributed by atoms with Crippen LogP contribution >= 0.6 is 0 Å². The minimum Gasteiger partial charge on any atom is -0.349 e. The maximum Gasteiger partial charge on any atom is 0.229 e. The van der Waals surface area contributed by atoms with Gasteiger partial charge in [-0.05, 0) is 5.92 Å². The molecule has 1 fully saturated rings. The molecule has 5 nitrogen and oxygen atoms in total. The van der Waals surface area contributed by atoms with Crippen LogP contribution in [0, 0.1) is 5.92 Å². The Morgan fingerprint density at radius 3 is 2.69 bits per heavy atom. The Labute approximate surface area is 93.9 Å². The van der Waals surface area contributed by atoms with Gasteiger partial charge >= 0.3 is 0 Å². The highest BCUT2D eigenvalue weighted by molar-refractivity contribution is 5.97. The number of nitrogens with one attached hydrogen (secondary N) is 1. The molecule has 0 saturated carbocycles. The lowest BCUT2D eigenvalue weighted by Gasteiger charge is -2.27. The second kappa shape index (κ2) is 4.47. The van der Waals surface area contributed by atoms with Gasteiger partial charge in [-0.2, -0.15) is 0 Å². The lowest BCUT2D eigenvalue weighted by molar-refractivity contribution is -0.149. The molecular formula is C11H15N3O2. The molecule has 86 valence electrons. The van der Waals surface area contributed by atoms with E-state index in [0.29, 0.717) is 25.8 Å². The van der Waals surface area contributed by atoms with E-state index in [9.17, 15) is 9.59 Å². The second-order valence-corrected chi connectivity index (χ2v) is 4.24. The fourth-order valence-corrected chi connectivity index (χ4v) is 1.93. The third-order valence-corrected chi connectivity index (χ3v) is 2.78. The zero-order valence-corrected chi connectivity index (χ0v) is 9.27. The van der Waals surface area contributed by atoms with Crippen molar-refractivity contribution in [2.75, 3.05) is 6.54 Å². The van der Waals surface area contributed by atoms with Crippen molar-refractivity contribution in [1.82, 2.24) is 14.9 Å². The summed E-state index contributed by atoms with van der Waals surface area (Å²) >= 11 is 0. The third-order valence-electron chi connectivity index (χ3n) is 2.78. The normalized spacial score (nSPS) is 18.2. The van der Waals surface area contributed by atoms with E-state index < -0.39 is 0 Å². The maximum absolute atomic E-state index is 11.6. The number of aromatic nitrogens is 2. The van der Waals surface area contributed by atoms with Crippen molar-refractivity contribution in [3.63, 3.8) is 0 Å². The van der Waals surface area contributed by atoms with Gasteiger partial charge in [-0.1, -0.05) is 6.92 Å². The number of carbonyl (C=O) groups excluding carboxylic acids is 2. The van der Waals surface area contributed by atoms with Crippen molar-refractivity contribution in [3.8, 4) is 0 Å². The zero-order chi connectivity index (χ0) is 11.5. The van der Waals surface area contributed by atoms with Crippen molar-refractivity contribution in [2.45, 2.75) is 26.2 Å². The van der Waals surface area contributed by atoms with Crippen molar-refractivity contribution in [2.24, 2.45) is 5.92 Å². The number of carbonyl (C=O) groups is 2. The summed E-state index contributed by atoms with van der Waals surface area (Å²) in [5, 5.41) is 0. The predicted molar refractivity (Wildman–Crippen MR) is 57.4 cm³/mol. The molecule has 0 spiro atoms. The van der Waals surface area contributed by atoms with E-state index in [1.54, 1.807) is 12.4 Å². The smallest absolute Gasteiger partial charge is 0.229 e. The van der Waals surface area contributed by atoms with Crippen molar-refractivity contribution in [1.29, 1.82) is 0 Å². The molecule has 0 unspecified atom stereocenters. The highest BCUT2D eigenvalue weighted by Crippen LogP contribution is 2.18. The number of rotatable bonds is 3. The van der Waals surface area contributed by atoms with Gasteiger partial charge in [0.25, 0.3) is 0 Å². The van der Waals surface area contributed by atoms with Crippen LogP contribution in [0.3, 0.4) is 0 Å². The number of hydrogen-bond acceptors (Lipinski definition) is 3. The molecule has 5 heteroatoms. The molecule has 1 aromatic heterocycles. The molecule has 2 rings (SSSR count). The van der Waals surface area contributed by atoms with Gasteiger partial charge in [-0.3, -0.25) is 14.5 Å². The van der Waals surface area contributed by atoms with Gasteiger partial charge in [0, 0.05) is 38.2 Å². The van der Waals surface area contributed by atoms with Crippen molar-refractivity contribution >= 4 is 11.8 Å². The van der Waals surface area contributed by atoms with Gasteiger partial charge in [0.1, 0.15) is 5.82 Å². The van der Waals surface area contributed by atoms with Crippen LogP contribution < -0.4 is 0 Å². The third kappa shape index (κ3) is 2.29. The van der Waals surface area contributed by atoms with Crippen LogP contribution in [0.4, 0.5) is 0 Å². The number of imide groups is 1. The summed E-state index contributed by atoms with van der Waals surface area (Å²) in [4.78, 5) is 31.7. The van der Waals surface area contributed by atoms with E-state index in [0.717, 1.165) is 5.82 Å². The van der Waals surface area contributed by atoms with Crippen LogP contribution in [0.2, 0.25) is 0 Å². The van der Waals surface area contributed by atoms with Crippen LogP contribution in [0.5, 0.6) is 0 Å². The minimum absolute atomic E-state index is 0.0599. The summed E-state index contributed by atoms with van der Waals surface area (Å²) in [6, 6.07) is 0. The molecule has 1 aromatic rings. The summed E-state index contributed by atoms with van der Waals surface area (Å²) in [5.41, 5.74) is 0. The average Bonchev–Trinajstić information content (AvgIpc) is 2.68. The van der Waals surface area contributed by atoms with Gasteiger partial charge in [0.15, 0.2) is 0 Å². The van der Waals surface area contributed by atoms with Gasteiger partial charge in [-0.15, -0.1) is 0 Å². The topological polar surface area (TPSA) is 66.1 Å². The number of aromatic amines is 1. The van der Waals surface area contributed by atoms with Gasteiger partial charge in [-0.25, -0.2) is 4.98 Å². The molecule has 0 aromatic carbocycles. The van der Waals surface area contributed by atoms with Crippen LogP contribution in [0.1, 0.15) is 25.6 Å². The molecule has 1 aliphatic rings. The molecule has 2 amide bonds. The number of imidazole rings is 1. The number of amides is 2. The molecule has 0 radical (unpaired) electrons. The first-order valence-electron chi connectivity index (χ1n) is 5.48. The first kappa shape index (κ1) is 10.9. The number of H-pyrrole nitrogens is 1. The molecule has 16 heavy (non-hydrogen) atoms. The quantitative estimate of drug-likeness (QED) is 0.765. The second-order valence-electron chi connectivity index (χ2n) is 4.24. The van der Waals surface area contributed by atoms with E-state index in [1.807, 2.05) is 6.92 Å². The zero-order valence-electron chi connectivity index (χ0n) is 9.27. The van der Waals surface area contributed by atoms with Crippen LogP contribution in [-0.4, -0.2) is 33.2 Å². The van der Waals surface area contributed by atoms with Crippen LogP contribution in [0.15, 0.2) is 12.4 Å². The lowest BCUT2D eigenvalue weighted by atomic mass is 9.98. The summed E-state index contributed by atoms with van der Waals surface area (Å²) in [5.74, 6) is 0.865. The summed E-state index contributed by atoms with van der Waals surface area (Å²) in [7, 11) is 0. The maximum atomic E-state index is 11.6. The minimum atomic E-state index is -0.0599. The van der Waals surface area contributed by atoms with Crippen LogP contribution in [-0.2, 0) is 16.0 Å². The Balaban J connectivity index is 1.93. The number of piperidine rings is 1. The summed E-state index contributed by atoms with van der Waals surface area (Å²) in [6.45, 7) is 2.36. The highest BCUT2D eigenvalue weighted by atomic mass is 16.2. The Bertz CT molecular complexity index is 368.